The molecule has 130 valence electrons. The molecule has 4 heterocycles. The maximum Gasteiger partial charge on any atom is 0.257 e. The lowest BCUT2D eigenvalue weighted by Crippen LogP contribution is -2.37. The Morgan fingerprint density at radius 1 is 1.28 bits per heavy atom. The number of thiophene rings is 2. The number of hydrazone groups is 1. The van der Waals surface area contributed by atoms with Gasteiger partial charge in [0, 0.05) is 18.3 Å². The Kier molecular flexibility index (Phi) is 4.41. The Morgan fingerprint density at radius 2 is 2.08 bits per heavy atom. The minimum absolute atomic E-state index is 0.0480. The maximum atomic E-state index is 12.9. The highest BCUT2D eigenvalue weighted by atomic mass is 32.1. The van der Waals surface area contributed by atoms with Gasteiger partial charge < -0.3 is 4.90 Å². The van der Waals surface area contributed by atoms with Gasteiger partial charge in [0.25, 0.3) is 5.91 Å². The molecular weight excluding hydrogens is 356 g/mol. The summed E-state index contributed by atoms with van der Waals surface area (Å²) in [6, 6.07) is 8.03. The fourth-order valence-corrected chi connectivity index (χ4v) is 4.68. The van der Waals surface area contributed by atoms with Crippen LogP contribution in [0.25, 0.3) is 0 Å². The van der Waals surface area contributed by atoms with Crippen molar-refractivity contribution >= 4 is 40.2 Å². The second kappa shape index (κ2) is 6.70. The monoisotopic (exact) mass is 374 g/mol. The number of nitrogens with zero attached hydrogens (tertiary/aromatic N) is 4. The van der Waals surface area contributed by atoms with E-state index in [1.807, 2.05) is 33.9 Å². The van der Waals surface area contributed by atoms with Crippen molar-refractivity contribution in [3.63, 3.8) is 0 Å². The van der Waals surface area contributed by atoms with Crippen molar-refractivity contribution < 1.29 is 9.59 Å². The zero-order valence-corrected chi connectivity index (χ0v) is 15.4. The van der Waals surface area contributed by atoms with Crippen molar-refractivity contribution in [2.24, 2.45) is 5.10 Å². The second-order valence-electron chi connectivity index (χ2n) is 6.22. The van der Waals surface area contributed by atoms with Crippen molar-refractivity contribution in [2.75, 3.05) is 26.8 Å². The molecule has 1 atom stereocenters. The summed E-state index contributed by atoms with van der Waals surface area (Å²) in [7, 11) is 1.75. The van der Waals surface area contributed by atoms with Gasteiger partial charge in [0.05, 0.1) is 36.4 Å². The zero-order chi connectivity index (χ0) is 17.4. The number of hydrogen-bond donors (Lipinski definition) is 0. The molecule has 1 fully saturated rings. The van der Waals surface area contributed by atoms with E-state index in [1.54, 1.807) is 39.6 Å². The molecule has 2 aromatic heterocycles. The second-order valence-corrected chi connectivity index (χ2v) is 8.14. The highest BCUT2D eigenvalue weighted by Gasteiger charge is 2.36. The van der Waals surface area contributed by atoms with E-state index in [1.165, 1.54) is 0 Å². The average molecular weight is 374 g/mol. The third-order valence-corrected chi connectivity index (χ3v) is 6.29. The van der Waals surface area contributed by atoms with E-state index in [0.29, 0.717) is 13.2 Å². The molecule has 1 saturated heterocycles. The van der Waals surface area contributed by atoms with E-state index in [2.05, 4.69) is 11.2 Å². The van der Waals surface area contributed by atoms with Crippen LogP contribution in [0.5, 0.6) is 0 Å². The molecule has 2 aromatic rings. The number of carbonyl (C=O) groups excluding carboxylic acids is 2. The molecule has 0 spiro atoms. The van der Waals surface area contributed by atoms with Crippen LogP contribution in [0.1, 0.15) is 22.2 Å². The SMILES string of the molecule is CN1CN(CC(=O)N2N=C(c3cccs3)C[C@@H]2c2cccs2)CC1=O. The number of carbonyl (C=O) groups is 2. The summed E-state index contributed by atoms with van der Waals surface area (Å²) in [4.78, 5) is 30.3. The lowest BCUT2D eigenvalue weighted by molar-refractivity contribution is -0.134. The minimum Gasteiger partial charge on any atom is -0.332 e. The van der Waals surface area contributed by atoms with Crippen molar-refractivity contribution in [3.05, 3.63) is 44.8 Å². The fraction of sp³-hybridized carbons (Fsp3) is 0.353. The highest BCUT2D eigenvalue weighted by Crippen LogP contribution is 2.36. The van der Waals surface area contributed by atoms with E-state index in [0.717, 1.165) is 21.9 Å². The van der Waals surface area contributed by atoms with E-state index >= 15 is 0 Å². The zero-order valence-electron chi connectivity index (χ0n) is 13.8. The molecule has 0 saturated carbocycles. The van der Waals surface area contributed by atoms with E-state index in [4.69, 9.17) is 0 Å². The number of rotatable bonds is 4. The first-order valence-electron chi connectivity index (χ1n) is 8.05. The molecule has 25 heavy (non-hydrogen) atoms. The van der Waals surface area contributed by atoms with E-state index in [-0.39, 0.29) is 24.4 Å². The summed E-state index contributed by atoms with van der Waals surface area (Å²) in [6.45, 7) is 0.990. The predicted octanol–water partition coefficient (Wildman–Crippen LogP) is 2.22. The van der Waals surface area contributed by atoms with Gasteiger partial charge in [0.1, 0.15) is 0 Å². The first kappa shape index (κ1) is 16.4. The van der Waals surface area contributed by atoms with Crippen LogP contribution in [0, 0.1) is 0 Å². The van der Waals surface area contributed by atoms with Gasteiger partial charge in [0.15, 0.2) is 0 Å². The van der Waals surface area contributed by atoms with Crippen LogP contribution in [0.4, 0.5) is 0 Å². The minimum atomic E-state index is -0.0620. The Morgan fingerprint density at radius 3 is 2.72 bits per heavy atom. The van der Waals surface area contributed by atoms with Gasteiger partial charge in [-0.3, -0.25) is 14.5 Å². The van der Waals surface area contributed by atoms with Crippen molar-refractivity contribution in [3.8, 4) is 0 Å². The largest absolute Gasteiger partial charge is 0.332 e. The number of hydrogen-bond acceptors (Lipinski definition) is 6. The van der Waals surface area contributed by atoms with Crippen LogP contribution in [0.2, 0.25) is 0 Å². The van der Waals surface area contributed by atoms with Crippen molar-refractivity contribution in [1.29, 1.82) is 0 Å². The van der Waals surface area contributed by atoms with E-state index in [9.17, 15) is 9.59 Å². The van der Waals surface area contributed by atoms with Crippen LogP contribution < -0.4 is 0 Å². The third kappa shape index (κ3) is 3.24. The van der Waals surface area contributed by atoms with Crippen molar-refractivity contribution in [2.45, 2.75) is 12.5 Å². The topological polar surface area (TPSA) is 56.2 Å². The summed E-state index contributed by atoms with van der Waals surface area (Å²) in [6.07, 6.45) is 0.728. The molecule has 4 rings (SSSR count). The van der Waals surface area contributed by atoms with Crippen LogP contribution in [-0.2, 0) is 9.59 Å². The first-order valence-corrected chi connectivity index (χ1v) is 9.81. The molecule has 0 unspecified atom stereocenters. The molecule has 2 aliphatic heterocycles. The van der Waals surface area contributed by atoms with Crippen LogP contribution in [0.15, 0.2) is 40.1 Å². The maximum absolute atomic E-state index is 12.9. The molecule has 0 N–H and O–H groups in total. The summed E-state index contributed by atoms with van der Waals surface area (Å²) in [5, 5.41) is 10.3. The van der Waals surface area contributed by atoms with Gasteiger partial charge in [-0.25, -0.2) is 5.01 Å². The molecule has 2 aliphatic rings. The standard InChI is InChI=1S/C17H18N4O2S2/c1-19-11-20(9-16(19)22)10-17(23)21-13(15-5-3-7-25-15)8-12(18-21)14-4-2-6-24-14/h2-7,13H,8-11H2,1H3/t13-/m1/s1. The third-order valence-electron chi connectivity index (χ3n) is 4.40. The smallest absolute Gasteiger partial charge is 0.257 e. The fourth-order valence-electron chi connectivity index (χ4n) is 3.14. The van der Waals surface area contributed by atoms with Crippen LogP contribution >= 0.6 is 22.7 Å². The number of amides is 2. The van der Waals surface area contributed by atoms with Gasteiger partial charge in [0.2, 0.25) is 5.91 Å². The molecular formula is C17H18N4O2S2. The molecule has 0 bridgehead atoms. The molecule has 0 radical (unpaired) electrons. The van der Waals surface area contributed by atoms with Gasteiger partial charge in [-0.2, -0.15) is 5.10 Å². The predicted molar refractivity (Wildman–Crippen MR) is 98.6 cm³/mol. The average Bonchev–Trinajstić information content (AvgIpc) is 3.35. The lowest BCUT2D eigenvalue weighted by atomic mass is 10.1. The Labute approximate surface area is 154 Å². The Bertz CT molecular complexity index is 801. The summed E-state index contributed by atoms with van der Waals surface area (Å²) in [5.41, 5.74) is 0.955. The van der Waals surface area contributed by atoms with E-state index < -0.39 is 0 Å². The Hall–Kier alpha value is -2.03. The summed E-state index contributed by atoms with van der Waals surface area (Å²) in [5.74, 6) is -0.0140. The van der Waals surface area contributed by atoms with Gasteiger partial charge in [-0.1, -0.05) is 12.1 Å². The molecule has 0 aliphatic carbocycles. The lowest BCUT2D eigenvalue weighted by Gasteiger charge is -2.23. The molecule has 0 aromatic carbocycles. The molecule has 8 heteroatoms. The van der Waals surface area contributed by atoms with Crippen molar-refractivity contribution in [1.82, 2.24) is 14.8 Å². The van der Waals surface area contributed by atoms with Gasteiger partial charge in [-0.15, -0.1) is 22.7 Å². The quantitative estimate of drug-likeness (QED) is 0.825. The highest BCUT2D eigenvalue weighted by molar-refractivity contribution is 7.12. The Balaban J connectivity index is 1.55. The first-order chi connectivity index (χ1) is 12.1. The van der Waals surface area contributed by atoms with Crippen LogP contribution in [0.3, 0.4) is 0 Å². The summed E-state index contributed by atoms with van der Waals surface area (Å²) < 4.78 is 0. The van der Waals surface area contributed by atoms with Gasteiger partial charge >= 0.3 is 0 Å². The van der Waals surface area contributed by atoms with Crippen LogP contribution in [-0.4, -0.2) is 59.1 Å². The number of likely N-dealkylation sites (N-methyl/N-ethyl adjacent to an activating group) is 1. The normalized spacial score (nSPS) is 21.2. The van der Waals surface area contributed by atoms with Gasteiger partial charge in [-0.05, 0) is 22.9 Å². The molecule has 2 amide bonds. The molecule has 6 nitrogen and oxygen atoms in total. The summed E-state index contributed by atoms with van der Waals surface area (Å²) >= 11 is 3.28.